The maximum atomic E-state index is 11.5. The third-order valence-electron chi connectivity index (χ3n) is 2.85. The zero-order valence-electron chi connectivity index (χ0n) is 8.82. The van der Waals surface area contributed by atoms with Crippen LogP contribution in [0.1, 0.15) is 32.4 Å². The molecule has 1 fully saturated rings. The minimum absolute atomic E-state index is 0.00192. The Kier molecular flexibility index (Phi) is 2.42. The van der Waals surface area contributed by atoms with Gasteiger partial charge in [0, 0.05) is 11.8 Å². The minimum atomic E-state index is -0.577. The largest absolute Gasteiger partial charge is 0.453 e. The number of rotatable bonds is 2. The highest BCUT2D eigenvalue weighted by Gasteiger charge is 2.45. The maximum Gasteiger partial charge on any atom is 0.310 e. The highest BCUT2D eigenvalue weighted by molar-refractivity contribution is 7.13. The van der Waals surface area contributed by atoms with E-state index < -0.39 is 5.60 Å². The molecule has 0 unspecified atom stereocenters. The number of nitrogen functional groups attached to an aromatic ring is 1. The predicted octanol–water partition coefficient (Wildman–Crippen LogP) is 1.91. The van der Waals surface area contributed by atoms with Crippen LogP contribution < -0.4 is 5.73 Å². The highest BCUT2D eigenvalue weighted by atomic mass is 32.1. The Morgan fingerprint density at radius 3 is 3.00 bits per heavy atom. The Hall–Kier alpha value is -1.10. The van der Waals surface area contributed by atoms with Crippen LogP contribution in [0.25, 0.3) is 0 Å². The van der Waals surface area contributed by atoms with Crippen LogP contribution >= 0.6 is 11.3 Å². The monoisotopic (exact) mass is 226 g/mol. The van der Waals surface area contributed by atoms with Gasteiger partial charge in [-0.3, -0.25) is 4.79 Å². The number of anilines is 1. The van der Waals surface area contributed by atoms with E-state index in [1.807, 2.05) is 19.2 Å². The summed E-state index contributed by atoms with van der Waals surface area (Å²) in [7, 11) is 0. The van der Waals surface area contributed by atoms with Gasteiger partial charge in [-0.1, -0.05) is 6.92 Å². The van der Waals surface area contributed by atoms with Crippen LogP contribution in [-0.4, -0.2) is 11.0 Å². The molecule has 0 radical (unpaired) electrons. The minimum Gasteiger partial charge on any atom is -0.453 e. The fraction of sp³-hybridized carbons (Fsp3) is 0.600. The standard InChI is InChI=1S/C10H14N2O2S/c1-3-6-4-10(2,14-8(6)13)7-5-15-9(11)12-7/h5-6H,3-4H2,1-2H3,(H2,11,12)/t6-,10-/m0/s1. The lowest BCUT2D eigenvalue weighted by Crippen LogP contribution is -2.21. The molecule has 1 saturated heterocycles. The molecule has 82 valence electrons. The van der Waals surface area contributed by atoms with Crippen molar-refractivity contribution in [2.45, 2.75) is 32.3 Å². The number of cyclic esters (lactones) is 1. The predicted molar refractivity (Wildman–Crippen MR) is 58.4 cm³/mol. The Labute approximate surface area is 92.5 Å². The van der Waals surface area contributed by atoms with E-state index in [0.29, 0.717) is 11.6 Å². The third kappa shape index (κ3) is 1.71. The molecule has 5 heteroatoms. The van der Waals surface area contributed by atoms with Gasteiger partial charge in [0.15, 0.2) is 10.7 Å². The number of carbonyl (C=O) groups excluding carboxylic acids is 1. The van der Waals surface area contributed by atoms with E-state index in [4.69, 9.17) is 10.5 Å². The summed E-state index contributed by atoms with van der Waals surface area (Å²) in [6.45, 7) is 3.89. The number of hydrogen-bond donors (Lipinski definition) is 1. The number of ether oxygens (including phenoxy) is 1. The summed E-state index contributed by atoms with van der Waals surface area (Å²) < 4.78 is 5.40. The fourth-order valence-corrected chi connectivity index (χ4v) is 2.58. The van der Waals surface area contributed by atoms with Crippen molar-refractivity contribution in [2.75, 3.05) is 5.73 Å². The van der Waals surface area contributed by atoms with Crippen molar-refractivity contribution in [1.82, 2.24) is 4.98 Å². The van der Waals surface area contributed by atoms with E-state index in [0.717, 1.165) is 12.1 Å². The summed E-state index contributed by atoms with van der Waals surface area (Å²) in [6.07, 6.45) is 1.51. The number of carbonyl (C=O) groups is 1. The molecule has 2 atom stereocenters. The molecule has 1 aromatic heterocycles. The van der Waals surface area contributed by atoms with Gasteiger partial charge in [0.1, 0.15) is 0 Å². The molecule has 1 aliphatic heterocycles. The summed E-state index contributed by atoms with van der Waals surface area (Å²) in [5.74, 6) is -0.121. The van der Waals surface area contributed by atoms with E-state index in [1.54, 1.807) is 0 Å². The molecule has 0 saturated carbocycles. The molecule has 0 aromatic carbocycles. The molecule has 0 bridgehead atoms. The average molecular weight is 226 g/mol. The van der Waals surface area contributed by atoms with Gasteiger partial charge >= 0.3 is 5.97 Å². The van der Waals surface area contributed by atoms with Gasteiger partial charge in [0.25, 0.3) is 0 Å². The molecule has 2 heterocycles. The Bertz CT molecular complexity index is 391. The van der Waals surface area contributed by atoms with Crippen molar-refractivity contribution in [3.05, 3.63) is 11.1 Å². The summed E-state index contributed by atoms with van der Waals surface area (Å²) in [4.78, 5) is 15.7. The zero-order chi connectivity index (χ0) is 11.1. The molecule has 15 heavy (non-hydrogen) atoms. The van der Waals surface area contributed by atoms with Crippen LogP contribution in [0.3, 0.4) is 0 Å². The van der Waals surface area contributed by atoms with Crippen molar-refractivity contribution >= 4 is 22.4 Å². The van der Waals surface area contributed by atoms with Gasteiger partial charge in [-0.25, -0.2) is 4.98 Å². The van der Waals surface area contributed by atoms with Crippen LogP contribution in [0.5, 0.6) is 0 Å². The van der Waals surface area contributed by atoms with Crippen LogP contribution in [0, 0.1) is 5.92 Å². The molecule has 0 spiro atoms. The molecule has 4 nitrogen and oxygen atoms in total. The number of thiazole rings is 1. The van der Waals surface area contributed by atoms with Gasteiger partial charge in [0.05, 0.1) is 11.6 Å². The van der Waals surface area contributed by atoms with Crippen molar-refractivity contribution in [3.63, 3.8) is 0 Å². The Morgan fingerprint density at radius 2 is 2.53 bits per heavy atom. The first-order valence-electron chi connectivity index (χ1n) is 4.99. The molecule has 0 amide bonds. The van der Waals surface area contributed by atoms with Crippen molar-refractivity contribution in [2.24, 2.45) is 5.92 Å². The van der Waals surface area contributed by atoms with E-state index in [9.17, 15) is 4.79 Å². The maximum absolute atomic E-state index is 11.5. The third-order valence-corrected chi connectivity index (χ3v) is 3.53. The lowest BCUT2D eigenvalue weighted by molar-refractivity contribution is -0.150. The van der Waals surface area contributed by atoms with Gasteiger partial charge in [-0.05, 0) is 13.3 Å². The second-order valence-electron chi connectivity index (χ2n) is 4.03. The number of hydrogen-bond acceptors (Lipinski definition) is 5. The van der Waals surface area contributed by atoms with Gasteiger partial charge in [-0.15, -0.1) is 11.3 Å². The van der Waals surface area contributed by atoms with Crippen LogP contribution in [0.15, 0.2) is 5.38 Å². The second kappa shape index (κ2) is 3.48. The van der Waals surface area contributed by atoms with Crippen LogP contribution in [0.2, 0.25) is 0 Å². The van der Waals surface area contributed by atoms with Crippen LogP contribution in [0.4, 0.5) is 5.13 Å². The second-order valence-corrected chi connectivity index (χ2v) is 4.92. The van der Waals surface area contributed by atoms with Crippen molar-refractivity contribution < 1.29 is 9.53 Å². The van der Waals surface area contributed by atoms with E-state index in [-0.39, 0.29) is 11.9 Å². The normalized spacial score (nSPS) is 30.5. The Balaban J connectivity index is 2.26. The lowest BCUT2D eigenvalue weighted by Gasteiger charge is -2.19. The summed E-state index contributed by atoms with van der Waals surface area (Å²) in [5.41, 5.74) is 5.77. The van der Waals surface area contributed by atoms with Crippen LogP contribution in [-0.2, 0) is 15.1 Å². The van der Waals surface area contributed by atoms with Crippen molar-refractivity contribution in [1.29, 1.82) is 0 Å². The molecule has 2 N–H and O–H groups in total. The first kappa shape index (κ1) is 10.4. The van der Waals surface area contributed by atoms with E-state index >= 15 is 0 Å². The summed E-state index contributed by atoms with van der Waals surface area (Å²) in [6, 6.07) is 0. The lowest BCUT2D eigenvalue weighted by atomic mass is 9.92. The SMILES string of the molecule is CC[C@H]1C[C@@](C)(c2csc(N)n2)OC1=O. The topological polar surface area (TPSA) is 65.2 Å². The molecular formula is C10H14N2O2S. The average Bonchev–Trinajstić information content (AvgIpc) is 2.72. The smallest absolute Gasteiger partial charge is 0.310 e. The molecule has 2 rings (SSSR count). The molecular weight excluding hydrogens is 212 g/mol. The number of aromatic nitrogens is 1. The number of nitrogens with two attached hydrogens (primary N) is 1. The van der Waals surface area contributed by atoms with Gasteiger partial charge < -0.3 is 10.5 Å². The fourth-order valence-electron chi connectivity index (χ4n) is 1.90. The molecule has 1 aliphatic rings. The molecule has 0 aliphatic carbocycles. The van der Waals surface area contributed by atoms with Crippen molar-refractivity contribution in [3.8, 4) is 0 Å². The highest BCUT2D eigenvalue weighted by Crippen LogP contribution is 2.41. The van der Waals surface area contributed by atoms with E-state index in [1.165, 1.54) is 11.3 Å². The summed E-state index contributed by atoms with van der Waals surface area (Å²) >= 11 is 1.38. The summed E-state index contributed by atoms with van der Waals surface area (Å²) in [5, 5.41) is 2.38. The first-order valence-corrected chi connectivity index (χ1v) is 5.87. The number of esters is 1. The quantitative estimate of drug-likeness (QED) is 0.782. The number of nitrogens with zero attached hydrogens (tertiary/aromatic N) is 1. The zero-order valence-corrected chi connectivity index (χ0v) is 9.63. The first-order chi connectivity index (χ1) is 7.05. The Morgan fingerprint density at radius 1 is 1.80 bits per heavy atom. The van der Waals surface area contributed by atoms with Gasteiger partial charge in [0.2, 0.25) is 0 Å². The van der Waals surface area contributed by atoms with Gasteiger partial charge in [-0.2, -0.15) is 0 Å². The molecule has 1 aromatic rings. The van der Waals surface area contributed by atoms with E-state index in [2.05, 4.69) is 4.98 Å².